The van der Waals surface area contributed by atoms with Gasteiger partial charge in [-0.1, -0.05) is 28.9 Å². The van der Waals surface area contributed by atoms with E-state index in [1.54, 1.807) is 42.0 Å². The van der Waals surface area contributed by atoms with E-state index < -0.39 is 0 Å². The maximum Gasteiger partial charge on any atom is 0.228 e. The van der Waals surface area contributed by atoms with Gasteiger partial charge >= 0.3 is 0 Å². The summed E-state index contributed by atoms with van der Waals surface area (Å²) in [5, 5.41) is 4.40. The van der Waals surface area contributed by atoms with Crippen LogP contribution in [-0.4, -0.2) is 35.5 Å². The average Bonchev–Trinajstić information content (AvgIpc) is 3.13. The van der Waals surface area contributed by atoms with Gasteiger partial charge in [0.15, 0.2) is 0 Å². The molecular weight excluding hydrogens is 330 g/mol. The fourth-order valence-corrected chi connectivity index (χ4v) is 3.14. The highest BCUT2D eigenvalue weighted by atomic mass is 35.5. The summed E-state index contributed by atoms with van der Waals surface area (Å²) in [5.74, 6) is 0.143. The summed E-state index contributed by atoms with van der Waals surface area (Å²) >= 11 is 6.16. The van der Waals surface area contributed by atoms with Gasteiger partial charge in [-0.05, 0) is 19.1 Å². The Bertz CT molecular complexity index is 774. The van der Waals surface area contributed by atoms with Gasteiger partial charge in [0.1, 0.15) is 11.5 Å². The standard InChI is InChI=1S/C17H18ClN3O3/c1-11-7-13(19-24-11)10-20(2)17(23)12-8-16(22)21(9-12)15-6-4-3-5-14(15)18/h3-7,12H,8-10H2,1-2H3/t12-/m0/s1. The predicted molar refractivity (Wildman–Crippen MR) is 89.6 cm³/mol. The van der Waals surface area contributed by atoms with E-state index in [1.807, 2.05) is 12.1 Å². The lowest BCUT2D eigenvalue weighted by atomic mass is 10.1. The quantitative estimate of drug-likeness (QED) is 0.852. The highest BCUT2D eigenvalue weighted by Crippen LogP contribution is 2.31. The van der Waals surface area contributed by atoms with Crippen molar-refractivity contribution in [3.8, 4) is 0 Å². The summed E-state index contributed by atoms with van der Waals surface area (Å²) < 4.78 is 5.01. The van der Waals surface area contributed by atoms with E-state index >= 15 is 0 Å². The van der Waals surface area contributed by atoms with Gasteiger partial charge in [-0.25, -0.2) is 0 Å². The van der Waals surface area contributed by atoms with Crippen LogP contribution in [-0.2, 0) is 16.1 Å². The van der Waals surface area contributed by atoms with E-state index in [9.17, 15) is 9.59 Å². The first kappa shape index (κ1) is 16.5. The Morgan fingerprint density at radius 1 is 1.46 bits per heavy atom. The molecule has 1 aromatic carbocycles. The molecule has 0 spiro atoms. The first-order valence-electron chi connectivity index (χ1n) is 7.68. The third-order valence-electron chi connectivity index (χ3n) is 4.07. The van der Waals surface area contributed by atoms with Gasteiger partial charge < -0.3 is 14.3 Å². The van der Waals surface area contributed by atoms with Crippen LogP contribution in [0.3, 0.4) is 0 Å². The Morgan fingerprint density at radius 2 is 2.21 bits per heavy atom. The molecule has 2 heterocycles. The molecule has 1 aliphatic heterocycles. The topological polar surface area (TPSA) is 66.7 Å². The van der Waals surface area contributed by atoms with Crippen LogP contribution >= 0.6 is 11.6 Å². The van der Waals surface area contributed by atoms with Crippen molar-refractivity contribution in [1.29, 1.82) is 0 Å². The minimum atomic E-state index is -0.383. The first-order chi connectivity index (χ1) is 11.5. The maximum atomic E-state index is 12.6. The molecule has 1 fully saturated rings. The van der Waals surface area contributed by atoms with Crippen molar-refractivity contribution in [2.24, 2.45) is 5.92 Å². The van der Waals surface area contributed by atoms with Crippen molar-refractivity contribution in [2.45, 2.75) is 19.9 Å². The number of benzene rings is 1. The molecule has 0 radical (unpaired) electrons. The zero-order valence-electron chi connectivity index (χ0n) is 13.5. The molecule has 0 N–H and O–H groups in total. The molecule has 0 aliphatic carbocycles. The number of para-hydroxylation sites is 1. The lowest BCUT2D eigenvalue weighted by Gasteiger charge is -2.21. The molecule has 2 aromatic rings. The van der Waals surface area contributed by atoms with Gasteiger partial charge in [0.05, 0.1) is 23.2 Å². The Balaban J connectivity index is 1.68. The van der Waals surface area contributed by atoms with Gasteiger partial charge in [-0.3, -0.25) is 9.59 Å². The van der Waals surface area contributed by atoms with Crippen LogP contribution in [0.25, 0.3) is 0 Å². The second-order valence-electron chi connectivity index (χ2n) is 5.98. The number of nitrogens with zero attached hydrogens (tertiary/aromatic N) is 3. The second-order valence-corrected chi connectivity index (χ2v) is 6.39. The van der Waals surface area contributed by atoms with E-state index in [-0.39, 0.29) is 24.2 Å². The van der Waals surface area contributed by atoms with E-state index in [0.29, 0.717) is 35.3 Å². The van der Waals surface area contributed by atoms with Crippen molar-refractivity contribution >= 4 is 29.1 Å². The molecule has 0 bridgehead atoms. The van der Waals surface area contributed by atoms with Crippen LogP contribution in [0.2, 0.25) is 5.02 Å². The fraction of sp³-hybridized carbons (Fsp3) is 0.353. The number of carbonyl (C=O) groups excluding carboxylic acids is 2. The van der Waals surface area contributed by atoms with E-state index in [0.717, 1.165) is 0 Å². The molecule has 6 nitrogen and oxygen atoms in total. The number of rotatable bonds is 4. The zero-order chi connectivity index (χ0) is 17.3. The molecule has 1 aliphatic rings. The molecule has 24 heavy (non-hydrogen) atoms. The number of aromatic nitrogens is 1. The van der Waals surface area contributed by atoms with Gasteiger partial charge in [0.2, 0.25) is 11.8 Å². The smallest absolute Gasteiger partial charge is 0.228 e. The van der Waals surface area contributed by atoms with Gasteiger partial charge in [0.25, 0.3) is 0 Å². The number of amides is 2. The number of hydrogen-bond acceptors (Lipinski definition) is 4. The Hall–Kier alpha value is -2.34. The van der Waals surface area contributed by atoms with Crippen molar-refractivity contribution in [3.05, 3.63) is 46.8 Å². The molecule has 126 valence electrons. The molecule has 1 saturated heterocycles. The molecule has 1 aromatic heterocycles. The fourth-order valence-electron chi connectivity index (χ4n) is 2.90. The van der Waals surface area contributed by atoms with E-state index in [2.05, 4.69) is 5.16 Å². The number of hydrogen-bond donors (Lipinski definition) is 0. The zero-order valence-corrected chi connectivity index (χ0v) is 14.3. The molecular formula is C17H18ClN3O3. The number of carbonyl (C=O) groups is 2. The highest BCUT2D eigenvalue weighted by molar-refractivity contribution is 6.33. The van der Waals surface area contributed by atoms with Crippen LogP contribution < -0.4 is 4.90 Å². The minimum absolute atomic E-state index is 0.0847. The first-order valence-corrected chi connectivity index (χ1v) is 8.05. The largest absolute Gasteiger partial charge is 0.361 e. The predicted octanol–water partition coefficient (Wildman–Crippen LogP) is 2.65. The van der Waals surface area contributed by atoms with Crippen molar-refractivity contribution in [1.82, 2.24) is 10.1 Å². The monoisotopic (exact) mass is 347 g/mol. The lowest BCUT2D eigenvalue weighted by Crippen LogP contribution is -2.34. The van der Waals surface area contributed by atoms with E-state index in [1.165, 1.54) is 0 Å². The second kappa shape index (κ2) is 6.65. The summed E-state index contributed by atoms with van der Waals surface area (Å²) in [7, 11) is 1.70. The average molecular weight is 348 g/mol. The molecule has 1 atom stereocenters. The van der Waals surface area contributed by atoms with Crippen LogP contribution in [0, 0.1) is 12.8 Å². The highest BCUT2D eigenvalue weighted by Gasteiger charge is 2.37. The Morgan fingerprint density at radius 3 is 2.88 bits per heavy atom. The van der Waals surface area contributed by atoms with Crippen molar-refractivity contribution in [3.63, 3.8) is 0 Å². The van der Waals surface area contributed by atoms with Crippen molar-refractivity contribution < 1.29 is 14.1 Å². The lowest BCUT2D eigenvalue weighted by molar-refractivity contribution is -0.135. The summed E-state index contributed by atoms with van der Waals surface area (Å²) in [6.45, 7) is 2.49. The maximum absolute atomic E-state index is 12.6. The Kier molecular flexibility index (Phi) is 4.57. The Labute approximate surface area is 145 Å². The van der Waals surface area contributed by atoms with E-state index in [4.69, 9.17) is 16.1 Å². The third kappa shape index (κ3) is 3.28. The molecule has 0 saturated carbocycles. The van der Waals surface area contributed by atoms with Crippen molar-refractivity contribution in [2.75, 3.05) is 18.5 Å². The third-order valence-corrected chi connectivity index (χ3v) is 4.39. The summed E-state index contributed by atoms with van der Waals surface area (Å²) in [6, 6.07) is 8.94. The van der Waals surface area contributed by atoms with Gasteiger partial charge in [0, 0.05) is 26.1 Å². The van der Waals surface area contributed by atoms with Crippen LogP contribution in [0.15, 0.2) is 34.9 Å². The summed E-state index contributed by atoms with van der Waals surface area (Å²) in [4.78, 5) is 28.1. The van der Waals surface area contributed by atoms with Gasteiger partial charge in [-0.2, -0.15) is 0 Å². The minimum Gasteiger partial charge on any atom is -0.361 e. The van der Waals surface area contributed by atoms with Crippen LogP contribution in [0.1, 0.15) is 17.9 Å². The molecule has 0 unspecified atom stereocenters. The normalized spacial score (nSPS) is 17.4. The molecule has 3 rings (SSSR count). The molecule has 2 amide bonds. The number of anilines is 1. The van der Waals surface area contributed by atoms with Crippen LogP contribution in [0.5, 0.6) is 0 Å². The molecule has 7 heteroatoms. The summed E-state index contributed by atoms with van der Waals surface area (Å²) in [6.07, 6.45) is 0.187. The summed E-state index contributed by atoms with van der Waals surface area (Å²) in [5.41, 5.74) is 1.34. The van der Waals surface area contributed by atoms with Gasteiger partial charge in [-0.15, -0.1) is 0 Å². The number of aryl methyl sites for hydroxylation is 1. The number of halogens is 1. The SMILES string of the molecule is Cc1cc(CN(C)C(=O)[C@H]2CC(=O)N(c3ccccc3Cl)C2)no1. The van der Waals surface area contributed by atoms with Crippen LogP contribution in [0.4, 0.5) is 5.69 Å².